The minimum absolute atomic E-state index is 0.149. The summed E-state index contributed by atoms with van der Waals surface area (Å²) in [5.41, 5.74) is 4.51. The number of aromatic nitrogens is 1. The van der Waals surface area contributed by atoms with Crippen molar-refractivity contribution in [3.05, 3.63) is 83.7 Å². The molecule has 0 amide bonds. The third-order valence-electron chi connectivity index (χ3n) is 7.62. The summed E-state index contributed by atoms with van der Waals surface area (Å²) in [7, 11) is 0. The third kappa shape index (κ3) is 5.80. The molecule has 192 valence electrons. The van der Waals surface area contributed by atoms with Crippen molar-refractivity contribution in [2.75, 3.05) is 13.2 Å². The van der Waals surface area contributed by atoms with Crippen molar-refractivity contribution in [3.63, 3.8) is 0 Å². The summed E-state index contributed by atoms with van der Waals surface area (Å²) >= 11 is 0. The molecule has 4 nitrogen and oxygen atoms in total. The maximum absolute atomic E-state index is 15.2. The van der Waals surface area contributed by atoms with E-state index in [1.807, 2.05) is 36.5 Å². The average Bonchev–Trinajstić information content (AvgIpc) is 2.92. The number of hydrogen-bond acceptors (Lipinski definition) is 4. The Hall–Kier alpha value is -3.38. The number of allylic oxidation sites excluding steroid dienone is 2. The highest BCUT2D eigenvalue weighted by molar-refractivity contribution is 6.08. The molecule has 5 rings (SSSR count). The fourth-order valence-electron chi connectivity index (χ4n) is 5.32. The summed E-state index contributed by atoms with van der Waals surface area (Å²) in [6.45, 7) is 5.36. The summed E-state index contributed by atoms with van der Waals surface area (Å²) in [5, 5.41) is 12.3. The van der Waals surface area contributed by atoms with E-state index in [9.17, 15) is 0 Å². The highest BCUT2D eigenvalue weighted by Crippen LogP contribution is 2.32. The van der Waals surface area contributed by atoms with Gasteiger partial charge < -0.3 is 15.5 Å². The molecule has 6 heteroatoms. The van der Waals surface area contributed by atoms with E-state index in [4.69, 9.17) is 15.1 Å². The summed E-state index contributed by atoms with van der Waals surface area (Å²) in [6.07, 6.45) is 9.26. The zero-order valence-corrected chi connectivity index (χ0v) is 21.0. The molecule has 1 aliphatic carbocycles. The van der Waals surface area contributed by atoms with Crippen molar-refractivity contribution in [1.29, 1.82) is 5.41 Å². The predicted molar refractivity (Wildman–Crippen MR) is 146 cm³/mol. The molecule has 0 spiro atoms. The first-order valence-corrected chi connectivity index (χ1v) is 13.1. The van der Waals surface area contributed by atoms with Crippen LogP contribution in [0.3, 0.4) is 0 Å². The van der Waals surface area contributed by atoms with Crippen molar-refractivity contribution in [2.24, 2.45) is 5.92 Å². The normalized spacial score (nSPS) is 17.8. The number of ether oxygens (including phenoxy) is 1. The Kier molecular flexibility index (Phi) is 7.75. The molecule has 2 fully saturated rings. The van der Waals surface area contributed by atoms with Gasteiger partial charge in [-0.15, -0.1) is 0 Å². The quantitative estimate of drug-likeness (QED) is 0.265. The van der Waals surface area contributed by atoms with Crippen LogP contribution in [0, 0.1) is 23.0 Å². The minimum Gasteiger partial charge on any atom is -0.388 e. The van der Waals surface area contributed by atoms with Gasteiger partial charge in [-0.25, -0.2) is 13.8 Å². The lowest BCUT2D eigenvalue weighted by Gasteiger charge is -2.23. The van der Waals surface area contributed by atoms with Crippen LogP contribution >= 0.6 is 0 Å². The maximum atomic E-state index is 15.2. The van der Waals surface area contributed by atoms with E-state index in [2.05, 4.69) is 11.9 Å². The van der Waals surface area contributed by atoms with Gasteiger partial charge in [-0.05, 0) is 74.6 Å². The monoisotopic (exact) mass is 501 g/mol. The van der Waals surface area contributed by atoms with Gasteiger partial charge in [-0.2, -0.15) is 0 Å². The van der Waals surface area contributed by atoms with Crippen molar-refractivity contribution < 1.29 is 13.5 Å². The Morgan fingerprint density at radius 3 is 2.49 bits per heavy atom. The van der Waals surface area contributed by atoms with Gasteiger partial charge in [-0.1, -0.05) is 36.4 Å². The van der Waals surface area contributed by atoms with Crippen LogP contribution in [0.1, 0.15) is 49.8 Å². The topological polar surface area (TPSA) is 58.0 Å². The van der Waals surface area contributed by atoms with Gasteiger partial charge in [-0.3, -0.25) is 0 Å². The van der Waals surface area contributed by atoms with E-state index >= 15 is 8.78 Å². The van der Waals surface area contributed by atoms with Crippen molar-refractivity contribution in [1.82, 2.24) is 10.3 Å². The summed E-state index contributed by atoms with van der Waals surface area (Å²) in [6, 6.07) is 12.7. The van der Waals surface area contributed by atoms with Crippen LogP contribution < -0.4 is 5.32 Å². The minimum atomic E-state index is -0.519. The van der Waals surface area contributed by atoms with Crippen LogP contribution in [0.4, 0.5) is 8.78 Å². The number of halogens is 2. The number of pyridine rings is 1. The second-order valence-corrected chi connectivity index (χ2v) is 10.2. The van der Waals surface area contributed by atoms with E-state index in [0.29, 0.717) is 53.6 Å². The Labute approximate surface area is 217 Å². The number of rotatable bonds is 7. The second-order valence-electron chi connectivity index (χ2n) is 10.2. The first-order valence-electron chi connectivity index (χ1n) is 13.1. The van der Waals surface area contributed by atoms with Crippen molar-refractivity contribution >= 4 is 22.7 Å². The Morgan fingerprint density at radius 2 is 1.78 bits per heavy atom. The number of fused-ring (bicyclic) bond motifs is 1. The molecule has 1 saturated heterocycles. The Bertz CT molecular complexity index is 1310. The average molecular weight is 502 g/mol. The first-order chi connectivity index (χ1) is 18.0. The van der Waals surface area contributed by atoms with Crippen LogP contribution in [0.15, 0.2) is 60.8 Å². The molecule has 1 aromatic heterocycles. The summed E-state index contributed by atoms with van der Waals surface area (Å²) in [5.74, 6) is -0.805. The fourth-order valence-corrected chi connectivity index (χ4v) is 5.32. The van der Waals surface area contributed by atoms with E-state index in [0.717, 1.165) is 43.9 Å². The van der Waals surface area contributed by atoms with Gasteiger partial charge in [0, 0.05) is 53.8 Å². The fraction of sp³-hybridized carbons (Fsp3) is 0.355. The molecule has 2 aliphatic rings. The zero-order valence-electron chi connectivity index (χ0n) is 21.0. The third-order valence-corrected chi connectivity index (χ3v) is 7.62. The molecule has 0 radical (unpaired) electrons. The first kappa shape index (κ1) is 25.3. The molecule has 37 heavy (non-hydrogen) atoms. The van der Waals surface area contributed by atoms with E-state index in [1.165, 1.54) is 23.9 Å². The number of nitrogens with zero attached hydrogens (tertiary/aromatic N) is 1. The molecule has 1 saturated carbocycles. The molecule has 2 heterocycles. The maximum Gasteiger partial charge on any atom is 0.129 e. The molecule has 0 unspecified atom stereocenters. The van der Waals surface area contributed by atoms with Crippen LogP contribution in [0.5, 0.6) is 0 Å². The van der Waals surface area contributed by atoms with E-state index < -0.39 is 11.6 Å². The molecule has 0 atom stereocenters. The highest BCUT2D eigenvalue weighted by atomic mass is 19.1. The van der Waals surface area contributed by atoms with Crippen molar-refractivity contribution in [3.8, 4) is 11.1 Å². The van der Waals surface area contributed by atoms with Gasteiger partial charge in [0.25, 0.3) is 0 Å². The van der Waals surface area contributed by atoms with Crippen LogP contribution in [0.2, 0.25) is 0 Å². The van der Waals surface area contributed by atoms with Crippen LogP contribution in [-0.2, 0) is 11.2 Å². The molecule has 1 aliphatic heterocycles. The Morgan fingerprint density at radius 1 is 1.05 bits per heavy atom. The summed E-state index contributed by atoms with van der Waals surface area (Å²) in [4.78, 5) is 4.84. The number of benzene rings is 2. The van der Waals surface area contributed by atoms with Gasteiger partial charge in [0.2, 0.25) is 0 Å². The lowest BCUT2D eigenvalue weighted by molar-refractivity contribution is 0.0660. The van der Waals surface area contributed by atoms with Crippen LogP contribution in [-0.4, -0.2) is 30.5 Å². The smallest absolute Gasteiger partial charge is 0.129 e. The lowest BCUT2D eigenvalue weighted by Crippen LogP contribution is -2.27. The number of hydrogen-bond donors (Lipinski definition) is 2. The Balaban J connectivity index is 1.44. The molecule has 2 N–H and O–H groups in total. The molecule has 0 bridgehead atoms. The highest BCUT2D eigenvalue weighted by Gasteiger charge is 2.21. The number of para-hydroxylation sites is 1. The molecule has 2 aromatic carbocycles. The zero-order chi connectivity index (χ0) is 25.8. The van der Waals surface area contributed by atoms with Crippen molar-refractivity contribution in [2.45, 2.75) is 51.0 Å². The SMILES string of the molecule is C=C1CCC(N/C=C(\C=N)c2ccc3cccc(-c4cc(F)c(CC5CCOCC5)c(F)c4)c3n2)CC1. The van der Waals surface area contributed by atoms with Gasteiger partial charge in [0.1, 0.15) is 11.6 Å². The summed E-state index contributed by atoms with van der Waals surface area (Å²) < 4.78 is 35.7. The van der Waals surface area contributed by atoms with Gasteiger partial charge in [0.05, 0.1) is 11.2 Å². The number of nitrogens with one attached hydrogen (secondary N) is 2. The van der Waals surface area contributed by atoms with Gasteiger partial charge >= 0.3 is 0 Å². The van der Waals surface area contributed by atoms with E-state index in [1.54, 1.807) is 0 Å². The molecular weight excluding hydrogens is 468 g/mol. The predicted octanol–water partition coefficient (Wildman–Crippen LogP) is 7.23. The lowest BCUT2D eigenvalue weighted by atomic mass is 9.90. The molecule has 3 aromatic rings. The molecular formula is C31H33F2N3O. The largest absolute Gasteiger partial charge is 0.388 e. The van der Waals surface area contributed by atoms with E-state index in [-0.39, 0.29) is 11.5 Å². The van der Waals surface area contributed by atoms with Crippen LogP contribution in [0.25, 0.3) is 27.6 Å². The second kappa shape index (κ2) is 11.3. The van der Waals surface area contributed by atoms with Gasteiger partial charge in [0.15, 0.2) is 0 Å². The standard InChI is InChI=1S/C31H33F2N3O/c1-20-5-8-25(9-6-20)35-19-24(18-34)30-10-7-22-3-2-4-26(31(22)36-30)23-16-28(32)27(29(33)17-23)15-21-11-13-37-14-12-21/h2-4,7,10,16-19,21,25,34-35H,1,5-6,8-9,11-15H2/b24-19+,34-18?.